The molecule has 1 N–H and O–H groups in total. The van der Waals surface area contributed by atoms with E-state index in [1.54, 1.807) is 12.1 Å². The number of anilines is 1. The number of hydrogen-bond acceptors (Lipinski definition) is 2. The Bertz CT molecular complexity index is 480. The number of nitrogens with one attached hydrogen (secondary N) is 1. The molecule has 0 aliphatic rings. The molecular formula is C15H15NO2. The maximum Gasteiger partial charge on any atom is 0.417 e. The van der Waals surface area contributed by atoms with Gasteiger partial charge in [-0.3, -0.25) is 5.32 Å². The Kier molecular flexibility index (Phi) is 3.63. The number of carbonyl (C=O) groups is 1. The van der Waals surface area contributed by atoms with Gasteiger partial charge in [-0.05, 0) is 38.1 Å². The molecule has 0 saturated heterocycles. The SMILES string of the molecule is Cc1ccc(NC(=O)Oc2ccc(C)cc2)cc1. The quantitative estimate of drug-likeness (QED) is 0.865. The molecule has 92 valence electrons. The fraction of sp³-hybridized carbons (Fsp3) is 0.133. The highest BCUT2D eigenvalue weighted by Crippen LogP contribution is 2.13. The molecule has 0 radical (unpaired) electrons. The number of benzene rings is 2. The predicted molar refractivity (Wildman–Crippen MR) is 72.0 cm³/mol. The average molecular weight is 241 g/mol. The van der Waals surface area contributed by atoms with Crippen LogP contribution in [0.4, 0.5) is 10.5 Å². The van der Waals surface area contributed by atoms with Crippen LogP contribution < -0.4 is 10.1 Å². The van der Waals surface area contributed by atoms with Crippen LogP contribution in [0.3, 0.4) is 0 Å². The summed E-state index contributed by atoms with van der Waals surface area (Å²) in [6, 6.07) is 14.9. The molecule has 18 heavy (non-hydrogen) atoms. The van der Waals surface area contributed by atoms with Crippen LogP contribution >= 0.6 is 0 Å². The molecule has 0 bridgehead atoms. The Morgan fingerprint density at radius 2 is 1.39 bits per heavy atom. The van der Waals surface area contributed by atoms with E-state index < -0.39 is 6.09 Å². The summed E-state index contributed by atoms with van der Waals surface area (Å²) in [4.78, 5) is 11.6. The Labute approximate surface area is 106 Å². The Morgan fingerprint density at radius 1 is 0.889 bits per heavy atom. The molecule has 2 rings (SSSR count). The molecule has 2 aromatic carbocycles. The first-order valence-electron chi connectivity index (χ1n) is 5.76. The van der Waals surface area contributed by atoms with Crippen LogP contribution in [0, 0.1) is 13.8 Å². The van der Waals surface area contributed by atoms with E-state index in [0.717, 1.165) is 16.8 Å². The van der Waals surface area contributed by atoms with Crippen LogP contribution in [-0.2, 0) is 0 Å². The van der Waals surface area contributed by atoms with Crippen LogP contribution in [0.15, 0.2) is 48.5 Å². The van der Waals surface area contributed by atoms with Crippen LogP contribution in [0.2, 0.25) is 0 Å². The molecule has 0 saturated carbocycles. The number of hydrogen-bond donors (Lipinski definition) is 1. The van der Waals surface area contributed by atoms with E-state index >= 15 is 0 Å². The second kappa shape index (κ2) is 5.36. The van der Waals surface area contributed by atoms with Crippen molar-refractivity contribution in [1.82, 2.24) is 0 Å². The van der Waals surface area contributed by atoms with Gasteiger partial charge in [0.05, 0.1) is 0 Å². The van der Waals surface area contributed by atoms with Crippen molar-refractivity contribution in [3.63, 3.8) is 0 Å². The van der Waals surface area contributed by atoms with Crippen molar-refractivity contribution in [2.75, 3.05) is 5.32 Å². The molecule has 2 aromatic rings. The highest BCUT2D eigenvalue weighted by Gasteiger charge is 2.04. The van der Waals surface area contributed by atoms with Gasteiger partial charge in [-0.25, -0.2) is 4.79 Å². The first kappa shape index (κ1) is 12.2. The van der Waals surface area contributed by atoms with E-state index in [9.17, 15) is 4.79 Å². The number of rotatable bonds is 2. The largest absolute Gasteiger partial charge is 0.417 e. The van der Waals surface area contributed by atoms with E-state index in [4.69, 9.17) is 4.74 Å². The van der Waals surface area contributed by atoms with Crippen molar-refractivity contribution >= 4 is 11.8 Å². The third-order valence-corrected chi connectivity index (χ3v) is 2.53. The van der Waals surface area contributed by atoms with Gasteiger partial charge in [0.2, 0.25) is 0 Å². The molecule has 0 aliphatic heterocycles. The number of ether oxygens (including phenoxy) is 1. The summed E-state index contributed by atoms with van der Waals surface area (Å²) in [5.41, 5.74) is 2.99. The second-order valence-corrected chi connectivity index (χ2v) is 4.19. The molecule has 0 spiro atoms. The van der Waals surface area contributed by atoms with Crippen LogP contribution in [0.5, 0.6) is 5.75 Å². The lowest BCUT2D eigenvalue weighted by Crippen LogP contribution is -2.16. The number of carbonyl (C=O) groups excluding carboxylic acids is 1. The topological polar surface area (TPSA) is 38.3 Å². The molecule has 0 unspecified atom stereocenters. The molecule has 0 aliphatic carbocycles. The van der Waals surface area contributed by atoms with Gasteiger partial charge in [-0.15, -0.1) is 0 Å². The molecular weight excluding hydrogens is 226 g/mol. The number of aryl methyl sites for hydroxylation is 2. The molecule has 1 amide bonds. The van der Waals surface area contributed by atoms with Crippen LogP contribution in [-0.4, -0.2) is 6.09 Å². The highest BCUT2D eigenvalue weighted by molar-refractivity contribution is 5.86. The van der Waals surface area contributed by atoms with Gasteiger partial charge in [-0.2, -0.15) is 0 Å². The summed E-state index contributed by atoms with van der Waals surface area (Å²) >= 11 is 0. The monoisotopic (exact) mass is 241 g/mol. The predicted octanol–water partition coefficient (Wildman–Crippen LogP) is 3.91. The normalized spacial score (nSPS) is 9.89. The smallest absolute Gasteiger partial charge is 0.410 e. The van der Waals surface area contributed by atoms with Gasteiger partial charge in [0.1, 0.15) is 5.75 Å². The summed E-state index contributed by atoms with van der Waals surface area (Å²) in [5, 5.41) is 2.67. The third kappa shape index (κ3) is 3.35. The second-order valence-electron chi connectivity index (χ2n) is 4.19. The molecule has 0 aromatic heterocycles. The summed E-state index contributed by atoms with van der Waals surface area (Å²) in [6.45, 7) is 3.98. The zero-order valence-corrected chi connectivity index (χ0v) is 10.4. The van der Waals surface area contributed by atoms with E-state index in [1.165, 1.54) is 0 Å². The summed E-state index contributed by atoms with van der Waals surface area (Å²) < 4.78 is 5.15. The zero-order chi connectivity index (χ0) is 13.0. The van der Waals surface area contributed by atoms with Gasteiger partial charge in [0.15, 0.2) is 0 Å². The first-order chi connectivity index (χ1) is 8.63. The van der Waals surface area contributed by atoms with Gasteiger partial charge in [-0.1, -0.05) is 35.4 Å². The lowest BCUT2D eigenvalue weighted by atomic mass is 10.2. The number of amides is 1. The minimum absolute atomic E-state index is 0.484. The van der Waals surface area contributed by atoms with Gasteiger partial charge < -0.3 is 4.74 Å². The van der Waals surface area contributed by atoms with Crippen molar-refractivity contribution < 1.29 is 9.53 Å². The minimum Gasteiger partial charge on any atom is -0.410 e. The lowest BCUT2D eigenvalue weighted by molar-refractivity contribution is 0.215. The summed E-state index contributed by atoms with van der Waals surface area (Å²) in [6.07, 6.45) is -0.484. The Balaban J connectivity index is 1.96. The Hall–Kier alpha value is -2.29. The van der Waals surface area contributed by atoms with Crippen LogP contribution in [0.25, 0.3) is 0 Å². The lowest BCUT2D eigenvalue weighted by Gasteiger charge is -2.07. The fourth-order valence-corrected chi connectivity index (χ4v) is 1.49. The van der Waals surface area contributed by atoms with E-state index in [2.05, 4.69) is 5.32 Å². The van der Waals surface area contributed by atoms with E-state index in [0.29, 0.717) is 5.75 Å². The fourth-order valence-electron chi connectivity index (χ4n) is 1.49. The molecule has 3 nitrogen and oxygen atoms in total. The van der Waals surface area contributed by atoms with E-state index in [1.807, 2.05) is 50.2 Å². The maximum atomic E-state index is 11.6. The third-order valence-electron chi connectivity index (χ3n) is 2.53. The van der Waals surface area contributed by atoms with Crippen molar-refractivity contribution in [2.24, 2.45) is 0 Å². The van der Waals surface area contributed by atoms with Crippen molar-refractivity contribution in [1.29, 1.82) is 0 Å². The Morgan fingerprint density at radius 3 is 1.94 bits per heavy atom. The van der Waals surface area contributed by atoms with Gasteiger partial charge in [0.25, 0.3) is 0 Å². The highest BCUT2D eigenvalue weighted by atomic mass is 16.6. The van der Waals surface area contributed by atoms with Crippen LogP contribution in [0.1, 0.15) is 11.1 Å². The van der Waals surface area contributed by atoms with Crippen molar-refractivity contribution in [3.05, 3.63) is 59.7 Å². The molecule has 0 fully saturated rings. The molecule has 3 heteroatoms. The van der Waals surface area contributed by atoms with E-state index in [-0.39, 0.29) is 0 Å². The summed E-state index contributed by atoms with van der Waals surface area (Å²) in [5.74, 6) is 0.533. The minimum atomic E-state index is -0.484. The molecule has 0 atom stereocenters. The standard InChI is InChI=1S/C15H15NO2/c1-11-3-7-13(8-4-11)16-15(17)18-14-9-5-12(2)6-10-14/h3-10H,1-2H3,(H,16,17). The van der Waals surface area contributed by atoms with Gasteiger partial charge >= 0.3 is 6.09 Å². The average Bonchev–Trinajstić information content (AvgIpc) is 2.35. The maximum absolute atomic E-state index is 11.6. The van der Waals surface area contributed by atoms with Crippen molar-refractivity contribution in [3.8, 4) is 5.75 Å². The molecule has 0 heterocycles. The van der Waals surface area contributed by atoms with Crippen molar-refractivity contribution in [2.45, 2.75) is 13.8 Å². The summed E-state index contributed by atoms with van der Waals surface area (Å²) in [7, 11) is 0. The first-order valence-corrected chi connectivity index (χ1v) is 5.76. The van der Waals surface area contributed by atoms with Gasteiger partial charge in [0, 0.05) is 5.69 Å². The zero-order valence-electron chi connectivity index (χ0n) is 10.4.